The number of nitrogens with one attached hydrogen (secondary N) is 1. The van der Waals surface area contributed by atoms with E-state index in [2.05, 4.69) is 10.3 Å². The summed E-state index contributed by atoms with van der Waals surface area (Å²) in [6, 6.07) is 5.23. The molecular weight excluding hydrogens is 449 g/mol. The molecule has 1 N–H and O–H groups in total. The van der Waals surface area contributed by atoms with Crippen molar-refractivity contribution in [3.63, 3.8) is 0 Å². The van der Waals surface area contributed by atoms with Gasteiger partial charge in [-0.3, -0.25) is 19.5 Å². The number of aromatic nitrogens is 1. The Bertz CT molecular complexity index is 1110. The zero-order valence-electron chi connectivity index (χ0n) is 17.1. The number of Topliss-reactive ketones (excluding diaryl/α,β-unsaturated/α-hetero) is 1. The number of pyridine rings is 1. The summed E-state index contributed by atoms with van der Waals surface area (Å²) in [5.41, 5.74) is -2.21. The molecule has 1 saturated carbocycles. The topological polar surface area (TPSA) is 79.4 Å². The quantitative estimate of drug-likeness (QED) is 0.410. The molecule has 6 nitrogen and oxygen atoms in total. The molecule has 1 spiro atoms. The molecule has 1 aliphatic carbocycles. The van der Waals surface area contributed by atoms with E-state index >= 15 is 0 Å². The third-order valence-corrected chi connectivity index (χ3v) is 6.03. The average Bonchev–Trinajstić information content (AvgIpc) is 3.00. The third-order valence-electron chi connectivity index (χ3n) is 6.03. The fraction of sp³-hybridized carbons (Fsp3) is 0.364. The number of rotatable bonds is 4. The second-order valence-electron chi connectivity index (χ2n) is 8.18. The van der Waals surface area contributed by atoms with Gasteiger partial charge in [0.2, 0.25) is 5.92 Å². The number of imide groups is 1. The van der Waals surface area contributed by atoms with Crippen LogP contribution in [-0.4, -0.2) is 45.6 Å². The van der Waals surface area contributed by atoms with Crippen molar-refractivity contribution in [2.24, 2.45) is 0 Å². The van der Waals surface area contributed by atoms with Crippen LogP contribution in [0.25, 0.3) is 11.1 Å². The van der Waals surface area contributed by atoms with Gasteiger partial charge in [-0.1, -0.05) is 24.3 Å². The van der Waals surface area contributed by atoms with Gasteiger partial charge in [0.15, 0.2) is 5.78 Å². The number of carbonyl (C=O) groups excluding carboxylic acids is 3. The summed E-state index contributed by atoms with van der Waals surface area (Å²) in [6.45, 7) is -0.608. The molecule has 4 rings (SSSR count). The normalized spacial score (nSPS) is 19.6. The van der Waals surface area contributed by atoms with Gasteiger partial charge in [0.1, 0.15) is 5.54 Å². The van der Waals surface area contributed by atoms with Gasteiger partial charge in [-0.2, -0.15) is 13.2 Å². The Balaban J connectivity index is 1.49. The van der Waals surface area contributed by atoms with Gasteiger partial charge in [-0.25, -0.2) is 13.6 Å². The summed E-state index contributed by atoms with van der Waals surface area (Å²) in [4.78, 5) is 42.1. The lowest BCUT2D eigenvalue weighted by Gasteiger charge is -2.34. The fourth-order valence-corrected chi connectivity index (χ4v) is 4.14. The summed E-state index contributed by atoms with van der Waals surface area (Å²) in [5.74, 6) is -4.25. The SMILES string of the molecule is O=C(CN1C(=O)NC2(CCC(F)(F)CC2)C1=O)c1ccc(-c2cnccc2C(F)(F)F)cc1. The molecule has 0 unspecified atom stereocenters. The first-order valence-corrected chi connectivity index (χ1v) is 10.1. The molecule has 2 aromatic rings. The first-order chi connectivity index (χ1) is 15.4. The van der Waals surface area contributed by atoms with Crippen molar-refractivity contribution >= 4 is 17.7 Å². The summed E-state index contributed by atoms with van der Waals surface area (Å²) in [6.07, 6.45) is -4.03. The molecule has 174 valence electrons. The number of benzene rings is 1. The molecule has 0 atom stereocenters. The fourth-order valence-electron chi connectivity index (χ4n) is 4.14. The number of nitrogens with zero attached hydrogens (tertiary/aromatic N) is 2. The van der Waals surface area contributed by atoms with Crippen LogP contribution in [0.4, 0.5) is 26.7 Å². The lowest BCUT2D eigenvalue weighted by Crippen LogP contribution is -2.51. The minimum atomic E-state index is -4.59. The van der Waals surface area contributed by atoms with Crippen LogP contribution < -0.4 is 5.32 Å². The Morgan fingerprint density at radius 2 is 1.67 bits per heavy atom. The van der Waals surface area contributed by atoms with Crippen LogP contribution in [0.1, 0.15) is 41.6 Å². The Kier molecular flexibility index (Phi) is 5.45. The lowest BCUT2D eigenvalue weighted by molar-refractivity contribution is -0.137. The van der Waals surface area contributed by atoms with Crippen LogP contribution in [0.15, 0.2) is 42.7 Å². The van der Waals surface area contributed by atoms with Crippen LogP contribution in [0.3, 0.4) is 0 Å². The summed E-state index contributed by atoms with van der Waals surface area (Å²) in [5, 5.41) is 2.45. The van der Waals surface area contributed by atoms with E-state index in [9.17, 15) is 36.3 Å². The summed E-state index contributed by atoms with van der Waals surface area (Å²) in [7, 11) is 0. The Morgan fingerprint density at radius 3 is 2.27 bits per heavy atom. The maximum atomic E-state index is 13.5. The summed E-state index contributed by atoms with van der Waals surface area (Å²) < 4.78 is 66.7. The van der Waals surface area contributed by atoms with Crippen molar-refractivity contribution < 1.29 is 36.3 Å². The van der Waals surface area contributed by atoms with Crippen molar-refractivity contribution in [2.45, 2.75) is 43.3 Å². The number of alkyl halides is 5. The first-order valence-electron chi connectivity index (χ1n) is 10.1. The Hall–Kier alpha value is -3.37. The Labute approximate surface area is 184 Å². The number of carbonyl (C=O) groups is 3. The van der Waals surface area contributed by atoms with Gasteiger partial charge in [0, 0.05) is 36.4 Å². The predicted molar refractivity (Wildman–Crippen MR) is 105 cm³/mol. The standard InChI is InChI=1S/C22H18F5N3O3/c23-21(24)8-6-20(7-9-21)18(32)30(19(33)29-20)12-17(31)14-3-1-13(2-4-14)15-11-28-10-5-16(15)22(25,26)27/h1-5,10-11H,6-9,12H2,(H,29,33). The van der Waals surface area contributed by atoms with Gasteiger partial charge >= 0.3 is 12.2 Å². The van der Waals surface area contributed by atoms with E-state index in [4.69, 9.17) is 0 Å². The smallest absolute Gasteiger partial charge is 0.323 e. The van der Waals surface area contributed by atoms with E-state index in [1.807, 2.05) is 0 Å². The number of urea groups is 1. The van der Waals surface area contributed by atoms with E-state index in [0.717, 1.165) is 18.5 Å². The molecule has 33 heavy (non-hydrogen) atoms. The van der Waals surface area contributed by atoms with Crippen molar-refractivity contribution in [2.75, 3.05) is 6.54 Å². The highest BCUT2D eigenvalue weighted by Gasteiger charge is 2.55. The molecule has 1 aromatic carbocycles. The number of amides is 3. The molecule has 0 bridgehead atoms. The number of hydrogen-bond donors (Lipinski definition) is 1. The number of hydrogen-bond acceptors (Lipinski definition) is 4. The van der Waals surface area contributed by atoms with Gasteiger partial charge in [-0.05, 0) is 24.5 Å². The predicted octanol–water partition coefficient (Wildman–Crippen LogP) is 4.45. The van der Waals surface area contributed by atoms with Crippen molar-refractivity contribution in [1.29, 1.82) is 0 Å². The minimum Gasteiger partial charge on any atom is -0.323 e. The van der Waals surface area contributed by atoms with E-state index in [1.165, 1.54) is 24.3 Å². The zero-order chi connectivity index (χ0) is 24.0. The van der Waals surface area contributed by atoms with Gasteiger partial charge in [0.05, 0.1) is 12.1 Å². The highest BCUT2D eigenvalue weighted by molar-refractivity contribution is 6.11. The third kappa shape index (κ3) is 4.31. The number of halogens is 5. The maximum Gasteiger partial charge on any atom is 0.417 e. The largest absolute Gasteiger partial charge is 0.417 e. The monoisotopic (exact) mass is 467 g/mol. The van der Waals surface area contributed by atoms with Crippen molar-refractivity contribution in [3.8, 4) is 11.1 Å². The van der Waals surface area contributed by atoms with Crippen LogP contribution in [0.2, 0.25) is 0 Å². The molecule has 2 aliphatic rings. The minimum absolute atomic E-state index is 0.0768. The van der Waals surface area contributed by atoms with E-state index in [1.54, 1.807) is 0 Å². The summed E-state index contributed by atoms with van der Waals surface area (Å²) >= 11 is 0. The maximum absolute atomic E-state index is 13.5. The Morgan fingerprint density at radius 1 is 1.03 bits per heavy atom. The molecule has 1 aromatic heterocycles. The molecular formula is C22H18F5N3O3. The average molecular weight is 467 g/mol. The molecule has 2 heterocycles. The lowest BCUT2D eigenvalue weighted by atomic mass is 9.80. The van der Waals surface area contributed by atoms with Gasteiger partial charge in [-0.15, -0.1) is 0 Å². The highest BCUT2D eigenvalue weighted by Crippen LogP contribution is 2.41. The number of ketones is 1. The molecule has 3 amide bonds. The molecule has 1 aliphatic heterocycles. The van der Waals surface area contributed by atoms with E-state index in [0.29, 0.717) is 4.90 Å². The van der Waals surface area contributed by atoms with Crippen LogP contribution in [-0.2, 0) is 11.0 Å². The second kappa shape index (κ2) is 7.89. The van der Waals surface area contributed by atoms with Crippen LogP contribution in [0.5, 0.6) is 0 Å². The second-order valence-corrected chi connectivity index (χ2v) is 8.18. The van der Waals surface area contributed by atoms with Crippen molar-refractivity contribution in [1.82, 2.24) is 15.2 Å². The highest BCUT2D eigenvalue weighted by atomic mass is 19.4. The molecule has 0 radical (unpaired) electrons. The van der Waals surface area contributed by atoms with Gasteiger partial charge in [0.25, 0.3) is 5.91 Å². The molecule has 1 saturated heterocycles. The molecule has 11 heteroatoms. The first kappa shape index (κ1) is 22.8. The van der Waals surface area contributed by atoms with E-state index in [-0.39, 0.29) is 29.5 Å². The van der Waals surface area contributed by atoms with Gasteiger partial charge < -0.3 is 5.32 Å². The van der Waals surface area contributed by atoms with E-state index < -0.39 is 60.3 Å². The zero-order valence-corrected chi connectivity index (χ0v) is 17.1. The van der Waals surface area contributed by atoms with Crippen LogP contribution in [0, 0.1) is 0 Å². The molecule has 2 fully saturated rings. The van der Waals surface area contributed by atoms with Crippen molar-refractivity contribution in [3.05, 3.63) is 53.9 Å². The van der Waals surface area contributed by atoms with Crippen LogP contribution >= 0.6 is 0 Å².